The summed E-state index contributed by atoms with van der Waals surface area (Å²) in [5.74, 6) is 1.29. The molecular weight excluding hydrogens is 346 g/mol. The summed E-state index contributed by atoms with van der Waals surface area (Å²) in [7, 11) is 0. The number of carbonyl (C=O) groups excluding carboxylic acids is 1. The highest BCUT2D eigenvalue weighted by atomic mass is 32.1. The summed E-state index contributed by atoms with van der Waals surface area (Å²) in [6, 6.07) is 5.81. The first-order valence-corrected chi connectivity index (χ1v) is 10.3. The van der Waals surface area contributed by atoms with Crippen LogP contribution in [0.3, 0.4) is 0 Å². The molecule has 2 aliphatic heterocycles. The van der Waals surface area contributed by atoms with Gasteiger partial charge in [-0.25, -0.2) is 0 Å². The molecule has 6 nitrogen and oxygen atoms in total. The average molecular weight is 372 g/mol. The number of rotatable bonds is 3. The van der Waals surface area contributed by atoms with E-state index >= 15 is 0 Å². The molecule has 1 amide bonds. The molecule has 0 radical (unpaired) electrons. The quantitative estimate of drug-likeness (QED) is 0.830. The second kappa shape index (κ2) is 7.70. The second-order valence-corrected chi connectivity index (χ2v) is 8.33. The van der Waals surface area contributed by atoms with Gasteiger partial charge in [-0.15, -0.1) is 10.2 Å². The number of pyridine rings is 1. The maximum atomic E-state index is 12.8. The lowest BCUT2D eigenvalue weighted by atomic mass is 9.93. The summed E-state index contributed by atoms with van der Waals surface area (Å²) in [5.41, 5.74) is 0.862. The van der Waals surface area contributed by atoms with Crippen LogP contribution in [0.1, 0.15) is 32.6 Å². The van der Waals surface area contributed by atoms with Gasteiger partial charge in [0.2, 0.25) is 11.0 Å². The Hall–Kier alpha value is -2.02. The number of hydrogen-bond acceptors (Lipinski definition) is 6. The highest BCUT2D eigenvalue weighted by Gasteiger charge is 2.31. The minimum atomic E-state index is 0.169. The number of anilines is 1. The Bertz CT molecular complexity index is 733. The van der Waals surface area contributed by atoms with Gasteiger partial charge < -0.3 is 9.80 Å². The fraction of sp³-hybridized carbons (Fsp3) is 0.579. The SMILES string of the molecule is CC1CCN(C(=O)C2CCN(c3nnc(-c4ccccn4)s3)CC2)CC1. The Morgan fingerprint density at radius 1 is 1.08 bits per heavy atom. The normalized spacial score (nSPS) is 19.7. The van der Waals surface area contributed by atoms with E-state index < -0.39 is 0 Å². The Morgan fingerprint density at radius 2 is 1.85 bits per heavy atom. The van der Waals surface area contributed by atoms with E-state index in [1.807, 2.05) is 18.2 Å². The number of likely N-dealkylation sites (tertiary alicyclic amines) is 1. The van der Waals surface area contributed by atoms with E-state index in [1.165, 1.54) is 0 Å². The van der Waals surface area contributed by atoms with Gasteiger partial charge in [0.1, 0.15) is 5.69 Å². The van der Waals surface area contributed by atoms with Crippen LogP contribution in [0.2, 0.25) is 0 Å². The van der Waals surface area contributed by atoms with Crippen LogP contribution >= 0.6 is 11.3 Å². The van der Waals surface area contributed by atoms with E-state index in [9.17, 15) is 4.79 Å². The molecule has 0 aliphatic carbocycles. The van der Waals surface area contributed by atoms with Crippen LogP contribution in [0.15, 0.2) is 24.4 Å². The molecule has 7 heteroatoms. The Kier molecular flexibility index (Phi) is 5.15. The van der Waals surface area contributed by atoms with E-state index in [1.54, 1.807) is 17.5 Å². The molecule has 4 heterocycles. The molecule has 0 spiro atoms. The van der Waals surface area contributed by atoms with Crippen LogP contribution in [-0.2, 0) is 4.79 Å². The van der Waals surface area contributed by atoms with Gasteiger partial charge in [0.15, 0.2) is 5.01 Å². The maximum Gasteiger partial charge on any atom is 0.225 e. The summed E-state index contributed by atoms with van der Waals surface area (Å²) >= 11 is 1.58. The van der Waals surface area contributed by atoms with Crippen molar-refractivity contribution in [2.45, 2.75) is 32.6 Å². The Morgan fingerprint density at radius 3 is 2.54 bits per heavy atom. The van der Waals surface area contributed by atoms with Crippen molar-refractivity contribution in [2.24, 2.45) is 11.8 Å². The summed E-state index contributed by atoms with van der Waals surface area (Å²) in [6.07, 6.45) is 5.87. The first-order valence-electron chi connectivity index (χ1n) is 9.49. The zero-order valence-corrected chi connectivity index (χ0v) is 16.0. The van der Waals surface area contributed by atoms with Crippen LogP contribution in [0.25, 0.3) is 10.7 Å². The van der Waals surface area contributed by atoms with Crippen LogP contribution in [0.4, 0.5) is 5.13 Å². The molecule has 0 unspecified atom stereocenters. The second-order valence-electron chi connectivity index (χ2n) is 7.37. The van der Waals surface area contributed by atoms with Gasteiger partial charge >= 0.3 is 0 Å². The zero-order chi connectivity index (χ0) is 17.9. The smallest absolute Gasteiger partial charge is 0.225 e. The van der Waals surface area contributed by atoms with Gasteiger partial charge in [-0.05, 0) is 43.7 Å². The molecule has 0 aromatic carbocycles. The van der Waals surface area contributed by atoms with Gasteiger partial charge in [0.05, 0.1) is 0 Å². The molecule has 138 valence electrons. The highest BCUT2D eigenvalue weighted by Crippen LogP contribution is 2.31. The fourth-order valence-corrected chi connectivity index (χ4v) is 4.61. The van der Waals surface area contributed by atoms with Crippen molar-refractivity contribution < 1.29 is 4.79 Å². The lowest BCUT2D eigenvalue weighted by molar-refractivity contribution is -0.137. The number of piperidine rings is 2. The number of hydrogen-bond donors (Lipinski definition) is 0. The molecule has 2 aromatic rings. The monoisotopic (exact) mass is 371 g/mol. The molecule has 0 atom stereocenters. The van der Waals surface area contributed by atoms with E-state index in [-0.39, 0.29) is 5.92 Å². The predicted octanol–water partition coefficient (Wildman–Crippen LogP) is 3.08. The summed E-state index contributed by atoms with van der Waals surface area (Å²) in [4.78, 5) is 21.4. The van der Waals surface area contributed by atoms with E-state index in [0.717, 1.165) is 73.6 Å². The molecule has 0 bridgehead atoms. The molecule has 0 saturated carbocycles. The van der Waals surface area contributed by atoms with Crippen LogP contribution in [-0.4, -0.2) is 52.2 Å². The van der Waals surface area contributed by atoms with Crippen molar-refractivity contribution in [1.82, 2.24) is 20.1 Å². The number of aromatic nitrogens is 3. The third-order valence-electron chi connectivity index (χ3n) is 5.51. The number of nitrogens with zero attached hydrogens (tertiary/aromatic N) is 5. The molecule has 2 fully saturated rings. The largest absolute Gasteiger partial charge is 0.347 e. The third kappa shape index (κ3) is 3.72. The van der Waals surface area contributed by atoms with E-state index in [4.69, 9.17) is 0 Å². The van der Waals surface area contributed by atoms with Crippen molar-refractivity contribution in [1.29, 1.82) is 0 Å². The van der Waals surface area contributed by atoms with E-state index in [2.05, 4.69) is 31.9 Å². The fourth-order valence-electron chi connectivity index (χ4n) is 3.74. The summed E-state index contributed by atoms with van der Waals surface area (Å²) in [6.45, 7) is 5.89. The van der Waals surface area contributed by atoms with E-state index in [0.29, 0.717) is 5.91 Å². The van der Waals surface area contributed by atoms with Gasteiger partial charge in [0, 0.05) is 38.3 Å². The van der Waals surface area contributed by atoms with Gasteiger partial charge in [-0.2, -0.15) is 0 Å². The standard InChI is InChI=1S/C19H25N5OS/c1-14-5-10-23(11-6-14)18(25)15-7-12-24(13-8-15)19-22-21-17(26-19)16-4-2-3-9-20-16/h2-4,9,14-15H,5-8,10-13H2,1H3. The molecule has 0 N–H and O–H groups in total. The molecule has 2 aromatic heterocycles. The van der Waals surface area contributed by atoms with Crippen molar-refractivity contribution in [3.63, 3.8) is 0 Å². The van der Waals surface area contributed by atoms with Crippen LogP contribution in [0, 0.1) is 11.8 Å². The van der Waals surface area contributed by atoms with Gasteiger partial charge in [-0.3, -0.25) is 9.78 Å². The van der Waals surface area contributed by atoms with Crippen molar-refractivity contribution >= 4 is 22.4 Å². The lowest BCUT2D eigenvalue weighted by Gasteiger charge is -2.36. The first kappa shape index (κ1) is 17.4. The molecule has 2 saturated heterocycles. The first-order chi connectivity index (χ1) is 12.7. The van der Waals surface area contributed by atoms with Crippen molar-refractivity contribution in [3.8, 4) is 10.7 Å². The third-order valence-corrected chi connectivity index (χ3v) is 6.51. The van der Waals surface area contributed by atoms with Gasteiger partial charge in [-0.1, -0.05) is 24.3 Å². The van der Waals surface area contributed by atoms with Crippen molar-refractivity contribution in [2.75, 3.05) is 31.1 Å². The number of amides is 1. The van der Waals surface area contributed by atoms with Gasteiger partial charge in [0.25, 0.3) is 0 Å². The van der Waals surface area contributed by atoms with Crippen LogP contribution < -0.4 is 4.90 Å². The molecular formula is C19H25N5OS. The minimum absolute atomic E-state index is 0.169. The lowest BCUT2D eigenvalue weighted by Crippen LogP contribution is -2.45. The Balaban J connectivity index is 1.34. The maximum absolute atomic E-state index is 12.8. The number of carbonyl (C=O) groups is 1. The van der Waals surface area contributed by atoms with Crippen LogP contribution in [0.5, 0.6) is 0 Å². The highest BCUT2D eigenvalue weighted by molar-refractivity contribution is 7.18. The molecule has 26 heavy (non-hydrogen) atoms. The summed E-state index contributed by atoms with van der Waals surface area (Å²) < 4.78 is 0. The van der Waals surface area contributed by atoms with Crippen molar-refractivity contribution in [3.05, 3.63) is 24.4 Å². The topological polar surface area (TPSA) is 62.2 Å². The minimum Gasteiger partial charge on any atom is -0.347 e. The average Bonchev–Trinajstić information content (AvgIpc) is 3.19. The summed E-state index contributed by atoms with van der Waals surface area (Å²) in [5, 5.41) is 10.4. The predicted molar refractivity (Wildman–Crippen MR) is 103 cm³/mol. The Labute approximate surface area is 158 Å². The molecule has 4 rings (SSSR count). The zero-order valence-electron chi connectivity index (χ0n) is 15.2. The molecule has 2 aliphatic rings.